The maximum Gasteiger partial charge on any atom is 0.143 e. The van der Waals surface area contributed by atoms with Crippen LogP contribution in [0.5, 0.6) is 0 Å². The molecule has 0 aliphatic heterocycles. The standard InChI is InChI=1S/C9H11NO/c10-5-9(11)8-4-6-1-2-7(8)3-6/h1-2,6-9,11H,3-4H2/t6-,7+,8-,9-/m0/s1. The number of fused-ring (bicyclic) bond motifs is 2. The van der Waals surface area contributed by atoms with E-state index in [4.69, 9.17) is 5.26 Å². The number of allylic oxidation sites excluding steroid dienone is 2. The van der Waals surface area contributed by atoms with Gasteiger partial charge in [-0.3, -0.25) is 0 Å². The van der Waals surface area contributed by atoms with Crippen LogP contribution in [0, 0.1) is 29.1 Å². The average molecular weight is 149 g/mol. The molecule has 0 unspecified atom stereocenters. The Morgan fingerprint density at radius 2 is 2.27 bits per heavy atom. The van der Waals surface area contributed by atoms with E-state index in [2.05, 4.69) is 12.2 Å². The van der Waals surface area contributed by atoms with Gasteiger partial charge in [-0.2, -0.15) is 5.26 Å². The van der Waals surface area contributed by atoms with Crippen LogP contribution in [0.15, 0.2) is 12.2 Å². The summed E-state index contributed by atoms with van der Waals surface area (Å²) in [6, 6.07) is 1.91. The number of hydrogen-bond acceptors (Lipinski definition) is 2. The van der Waals surface area contributed by atoms with Crippen LogP contribution in [-0.4, -0.2) is 11.2 Å². The number of hydrogen-bond donors (Lipinski definition) is 1. The zero-order chi connectivity index (χ0) is 7.84. The molecular formula is C9H11NO. The minimum absolute atomic E-state index is 0.218. The smallest absolute Gasteiger partial charge is 0.143 e. The number of aliphatic hydroxyl groups is 1. The Balaban J connectivity index is 2.10. The summed E-state index contributed by atoms with van der Waals surface area (Å²) in [6.45, 7) is 0. The minimum Gasteiger partial charge on any atom is -0.378 e. The highest BCUT2D eigenvalue weighted by Crippen LogP contribution is 2.44. The highest BCUT2D eigenvalue weighted by Gasteiger charge is 2.39. The van der Waals surface area contributed by atoms with Crippen LogP contribution < -0.4 is 0 Å². The normalized spacial score (nSPS) is 42.4. The average Bonchev–Trinajstić information content (AvgIpc) is 2.62. The van der Waals surface area contributed by atoms with Crippen molar-refractivity contribution in [2.45, 2.75) is 18.9 Å². The van der Waals surface area contributed by atoms with Crippen molar-refractivity contribution >= 4 is 0 Å². The lowest BCUT2D eigenvalue weighted by Gasteiger charge is -2.18. The lowest BCUT2D eigenvalue weighted by atomic mass is 9.89. The van der Waals surface area contributed by atoms with Crippen LogP contribution in [0.2, 0.25) is 0 Å². The van der Waals surface area contributed by atoms with Gasteiger partial charge in [-0.05, 0) is 24.7 Å². The molecule has 0 aromatic carbocycles. The van der Waals surface area contributed by atoms with Crippen molar-refractivity contribution in [2.24, 2.45) is 17.8 Å². The van der Waals surface area contributed by atoms with Gasteiger partial charge in [0.15, 0.2) is 0 Å². The van der Waals surface area contributed by atoms with Crippen LogP contribution in [-0.2, 0) is 0 Å². The first kappa shape index (κ1) is 6.87. The van der Waals surface area contributed by atoms with E-state index in [1.165, 1.54) is 0 Å². The Bertz CT molecular complexity index is 228. The Labute approximate surface area is 66.1 Å². The number of nitrogens with zero attached hydrogens (tertiary/aromatic N) is 1. The minimum atomic E-state index is -0.741. The first-order valence-electron chi connectivity index (χ1n) is 4.07. The van der Waals surface area contributed by atoms with E-state index < -0.39 is 6.10 Å². The second-order valence-electron chi connectivity index (χ2n) is 3.52. The molecule has 1 N–H and O–H groups in total. The van der Waals surface area contributed by atoms with Gasteiger partial charge < -0.3 is 5.11 Å². The molecule has 2 heteroatoms. The molecule has 0 heterocycles. The van der Waals surface area contributed by atoms with Gasteiger partial charge in [0, 0.05) is 5.92 Å². The Morgan fingerprint density at radius 1 is 1.45 bits per heavy atom. The van der Waals surface area contributed by atoms with E-state index in [0.717, 1.165) is 12.8 Å². The number of aliphatic hydroxyl groups excluding tert-OH is 1. The summed E-state index contributed by atoms with van der Waals surface area (Å²) in [5.41, 5.74) is 0. The second kappa shape index (κ2) is 2.35. The van der Waals surface area contributed by atoms with Crippen molar-refractivity contribution in [3.05, 3.63) is 12.2 Å². The van der Waals surface area contributed by atoms with Crippen molar-refractivity contribution < 1.29 is 5.11 Å². The monoisotopic (exact) mass is 149 g/mol. The molecule has 0 radical (unpaired) electrons. The molecule has 1 fully saturated rings. The predicted octanol–water partition coefficient (Wildman–Crippen LogP) is 1.08. The van der Waals surface area contributed by atoms with Gasteiger partial charge in [0.1, 0.15) is 6.10 Å². The third-order valence-electron chi connectivity index (χ3n) is 2.87. The Kier molecular flexibility index (Phi) is 1.47. The van der Waals surface area contributed by atoms with Crippen molar-refractivity contribution in [3.8, 4) is 6.07 Å². The molecule has 2 aliphatic carbocycles. The largest absolute Gasteiger partial charge is 0.378 e. The topological polar surface area (TPSA) is 44.0 Å². The summed E-state index contributed by atoms with van der Waals surface area (Å²) in [4.78, 5) is 0. The fourth-order valence-electron chi connectivity index (χ4n) is 2.28. The molecular weight excluding hydrogens is 138 g/mol. The summed E-state index contributed by atoms with van der Waals surface area (Å²) >= 11 is 0. The van der Waals surface area contributed by atoms with E-state index in [9.17, 15) is 5.11 Å². The van der Waals surface area contributed by atoms with Crippen molar-refractivity contribution in [3.63, 3.8) is 0 Å². The summed E-state index contributed by atoms with van der Waals surface area (Å²) in [7, 11) is 0. The first-order valence-corrected chi connectivity index (χ1v) is 4.07. The Hall–Kier alpha value is -0.810. The van der Waals surface area contributed by atoms with Crippen molar-refractivity contribution in [1.82, 2.24) is 0 Å². The molecule has 2 aliphatic rings. The highest BCUT2D eigenvalue weighted by molar-refractivity contribution is 5.13. The van der Waals surface area contributed by atoms with Gasteiger partial charge in [0.25, 0.3) is 0 Å². The first-order chi connectivity index (χ1) is 5.31. The fraction of sp³-hybridized carbons (Fsp3) is 0.667. The predicted molar refractivity (Wildman–Crippen MR) is 40.5 cm³/mol. The van der Waals surface area contributed by atoms with Crippen LogP contribution in [0.25, 0.3) is 0 Å². The molecule has 0 aromatic heterocycles. The molecule has 0 spiro atoms. The number of rotatable bonds is 1. The molecule has 0 saturated heterocycles. The fourth-order valence-corrected chi connectivity index (χ4v) is 2.28. The molecule has 2 nitrogen and oxygen atoms in total. The summed E-state index contributed by atoms with van der Waals surface area (Å²) < 4.78 is 0. The van der Waals surface area contributed by atoms with Crippen molar-refractivity contribution in [2.75, 3.05) is 0 Å². The third-order valence-corrected chi connectivity index (χ3v) is 2.87. The molecule has 2 bridgehead atoms. The zero-order valence-corrected chi connectivity index (χ0v) is 6.27. The van der Waals surface area contributed by atoms with E-state index in [-0.39, 0.29) is 5.92 Å². The summed E-state index contributed by atoms with van der Waals surface area (Å²) in [6.07, 6.45) is 5.79. The third kappa shape index (κ3) is 0.965. The van der Waals surface area contributed by atoms with Crippen molar-refractivity contribution in [1.29, 1.82) is 5.26 Å². The molecule has 2 rings (SSSR count). The van der Waals surface area contributed by atoms with Gasteiger partial charge in [0.2, 0.25) is 0 Å². The van der Waals surface area contributed by atoms with Gasteiger partial charge in [0.05, 0.1) is 6.07 Å². The lowest BCUT2D eigenvalue weighted by molar-refractivity contribution is 0.143. The van der Waals surface area contributed by atoms with Gasteiger partial charge in [-0.15, -0.1) is 0 Å². The molecule has 1 saturated carbocycles. The van der Waals surface area contributed by atoms with E-state index in [1.807, 2.05) is 6.07 Å². The molecule has 0 aromatic rings. The van der Waals surface area contributed by atoms with E-state index >= 15 is 0 Å². The van der Waals surface area contributed by atoms with E-state index in [0.29, 0.717) is 11.8 Å². The maximum absolute atomic E-state index is 9.28. The van der Waals surface area contributed by atoms with Gasteiger partial charge in [-0.25, -0.2) is 0 Å². The SMILES string of the molecule is N#C[C@H](O)[C@H]1C[C@H]2C=C[C@@H]1C2. The second-order valence-corrected chi connectivity index (χ2v) is 3.52. The molecule has 4 atom stereocenters. The van der Waals surface area contributed by atoms with Crippen LogP contribution in [0.1, 0.15) is 12.8 Å². The zero-order valence-electron chi connectivity index (χ0n) is 6.27. The molecule has 58 valence electrons. The van der Waals surface area contributed by atoms with Gasteiger partial charge >= 0.3 is 0 Å². The molecule has 0 amide bonds. The van der Waals surface area contributed by atoms with Gasteiger partial charge in [-0.1, -0.05) is 12.2 Å². The quantitative estimate of drug-likeness (QED) is 0.448. The highest BCUT2D eigenvalue weighted by atomic mass is 16.3. The van der Waals surface area contributed by atoms with E-state index in [1.54, 1.807) is 0 Å². The van der Waals surface area contributed by atoms with Crippen LogP contribution >= 0.6 is 0 Å². The van der Waals surface area contributed by atoms with Crippen LogP contribution in [0.4, 0.5) is 0 Å². The summed E-state index contributed by atoms with van der Waals surface area (Å²) in [5, 5.41) is 17.8. The number of nitriles is 1. The molecule has 11 heavy (non-hydrogen) atoms. The summed E-state index contributed by atoms with van der Waals surface area (Å²) in [5.74, 6) is 1.35. The Morgan fingerprint density at radius 3 is 2.73 bits per heavy atom. The maximum atomic E-state index is 9.28. The van der Waals surface area contributed by atoms with Crippen LogP contribution in [0.3, 0.4) is 0 Å². The lowest BCUT2D eigenvalue weighted by Crippen LogP contribution is -2.22.